The van der Waals surface area contributed by atoms with Crippen molar-refractivity contribution in [2.24, 2.45) is 0 Å². The van der Waals surface area contributed by atoms with Gasteiger partial charge in [0.05, 0.1) is 10.6 Å². The number of fused-ring (bicyclic) bond motifs is 2. The molecule has 2 heterocycles. The highest BCUT2D eigenvalue weighted by Crippen LogP contribution is 2.29. The number of carbonyl (C=O) groups is 1. The zero-order valence-corrected chi connectivity index (χ0v) is 15.5. The van der Waals surface area contributed by atoms with Crippen molar-refractivity contribution in [3.63, 3.8) is 0 Å². The van der Waals surface area contributed by atoms with Crippen LogP contribution in [0.5, 0.6) is 0 Å². The van der Waals surface area contributed by atoms with E-state index in [9.17, 15) is 17.6 Å². The van der Waals surface area contributed by atoms with Gasteiger partial charge in [0.2, 0.25) is 0 Å². The Balaban J connectivity index is 1.56. The molecule has 142 valence electrons. The summed E-state index contributed by atoms with van der Waals surface area (Å²) in [6.07, 6.45) is 0. The fourth-order valence-electron chi connectivity index (χ4n) is 2.80. The molecule has 2 aromatic heterocycles. The summed E-state index contributed by atoms with van der Waals surface area (Å²) in [5, 5.41) is 2.63. The van der Waals surface area contributed by atoms with E-state index in [0.717, 1.165) is 0 Å². The van der Waals surface area contributed by atoms with Gasteiger partial charge in [0.1, 0.15) is 11.4 Å². The summed E-state index contributed by atoms with van der Waals surface area (Å²) in [4.78, 5) is 12.4. The van der Waals surface area contributed by atoms with Crippen LogP contribution in [-0.4, -0.2) is 14.3 Å². The van der Waals surface area contributed by atoms with Gasteiger partial charge in [0.15, 0.2) is 5.58 Å². The standard InChI is InChI=1S/C20H15FN2O4S/c1-12-9-14(5-7-17(12)21)22-20(24)13-3-2-4-16(10-13)28(25,26)23-18-11-15-6-8-19(18)27-15/h2-11,23H,1H3,(H,22,24). The van der Waals surface area contributed by atoms with Crippen LogP contribution in [0.15, 0.2) is 70.0 Å². The van der Waals surface area contributed by atoms with Crippen molar-refractivity contribution in [3.05, 3.63) is 77.6 Å². The van der Waals surface area contributed by atoms with Gasteiger partial charge in [0.25, 0.3) is 15.9 Å². The predicted molar refractivity (Wildman–Crippen MR) is 104 cm³/mol. The molecule has 1 amide bonds. The molecule has 0 atom stereocenters. The van der Waals surface area contributed by atoms with Crippen LogP contribution >= 0.6 is 0 Å². The first-order valence-corrected chi connectivity index (χ1v) is 9.82. The van der Waals surface area contributed by atoms with Crippen LogP contribution in [0.3, 0.4) is 0 Å². The lowest BCUT2D eigenvalue weighted by Crippen LogP contribution is -2.16. The molecule has 2 N–H and O–H groups in total. The molecule has 8 heteroatoms. The summed E-state index contributed by atoms with van der Waals surface area (Å²) < 4.78 is 46.4. The first kappa shape index (κ1) is 18.0. The number of nitrogens with one attached hydrogen (secondary N) is 2. The molecular weight excluding hydrogens is 383 g/mol. The minimum Gasteiger partial charge on any atom is -0.455 e. The lowest BCUT2D eigenvalue weighted by Gasteiger charge is -2.10. The Morgan fingerprint density at radius 1 is 1.04 bits per heavy atom. The Bertz CT molecular complexity index is 1280. The monoisotopic (exact) mass is 398 g/mol. The Morgan fingerprint density at radius 3 is 2.54 bits per heavy atom. The van der Waals surface area contributed by atoms with Gasteiger partial charge in [0, 0.05) is 17.3 Å². The van der Waals surface area contributed by atoms with Gasteiger partial charge < -0.3 is 9.73 Å². The third-order valence-corrected chi connectivity index (χ3v) is 5.61. The van der Waals surface area contributed by atoms with Crippen molar-refractivity contribution in [3.8, 4) is 0 Å². The summed E-state index contributed by atoms with van der Waals surface area (Å²) in [5.41, 5.74) is 2.30. The number of hydrogen-bond acceptors (Lipinski definition) is 4. The Hall–Kier alpha value is -3.39. The summed E-state index contributed by atoms with van der Waals surface area (Å²) in [5.74, 6) is -0.875. The smallest absolute Gasteiger partial charge is 0.262 e. The molecule has 0 spiro atoms. The fraction of sp³-hybridized carbons (Fsp3) is 0.0500. The Labute approximate surface area is 160 Å². The quantitative estimate of drug-likeness (QED) is 0.522. The molecule has 2 aromatic carbocycles. The molecule has 4 rings (SSSR count). The average Bonchev–Trinajstić information content (AvgIpc) is 3.27. The molecule has 0 radical (unpaired) electrons. The number of hydrogen-bond donors (Lipinski definition) is 2. The van der Waals surface area contributed by atoms with E-state index in [4.69, 9.17) is 4.42 Å². The van der Waals surface area contributed by atoms with E-state index in [1.54, 1.807) is 25.1 Å². The molecule has 2 bridgehead atoms. The van der Waals surface area contributed by atoms with E-state index in [1.165, 1.54) is 42.5 Å². The van der Waals surface area contributed by atoms with Crippen molar-refractivity contribution in [1.29, 1.82) is 0 Å². The molecule has 4 aromatic rings. The molecule has 0 unspecified atom stereocenters. The van der Waals surface area contributed by atoms with Gasteiger partial charge in [-0.15, -0.1) is 0 Å². The number of aryl methyl sites for hydroxylation is 1. The minimum absolute atomic E-state index is 0.0614. The third-order valence-electron chi connectivity index (χ3n) is 4.25. The van der Waals surface area contributed by atoms with E-state index >= 15 is 0 Å². The zero-order chi connectivity index (χ0) is 19.9. The van der Waals surface area contributed by atoms with Crippen molar-refractivity contribution in [2.45, 2.75) is 11.8 Å². The van der Waals surface area contributed by atoms with Crippen LogP contribution in [0.2, 0.25) is 0 Å². The van der Waals surface area contributed by atoms with Crippen LogP contribution in [0.1, 0.15) is 15.9 Å². The van der Waals surface area contributed by atoms with Gasteiger partial charge in [-0.2, -0.15) is 0 Å². The first-order valence-electron chi connectivity index (χ1n) is 8.34. The van der Waals surface area contributed by atoms with Gasteiger partial charge in [-0.05, 0) is 61.0 Å². The molecule has 0 aliphatic carbocycles. The van der Waals surface area contributed by atoms with Crippen LogP contribution < -0.4 is 10.0 Å². The highest BCUT2D eigenvalue weighted by molar-refractivity contribution is 7.92. The van der Waals surface area contributed by atoms with Crippen LogP contribution in [-0.2, 0) is 10.0 Å². The van der Waals surface area contributed by atoms with E-state index in [0.29, 0.717) is 28.1 Å². The molecular formula is C20H15FN2O4S. The molecule has 0 aliphatic heterocycles. The van der Waals surface area contributed by atoms with Gasteiger partial charge in [-0.3, -0.25) is 9.52 Å². The van der Waals surface area contributed by atoms with E-state index in [1.807, 2.05) is 0 Å². The van der Waals surface area contributed by atoms with Gasteiger partial charge in [-0.1, -0.05) is 6.07 Å². The highest BCUT2D eigenvalue weighted by atomic mass is 32.2. The largest absolute Gasteiger partial charge is 0.455 e. The lowest BCUT2D eigenvalue weighted by atomic mass is 10.2. The molecule has 0 fully saturated rings. The Kier molecular flexibility index (Phi) is 4.27. The average molecular weight is 398 g/mol. The maximum Gasteiger partial charge on any atom is 0.262 e. The number of amides is 1. The van der Waals surface area contributed by atoms with Crippen LogP contribution in [0, 0.1) is 12.7 Å². The number of sulfonamides is 1. The maximum atomic E-state index is 13.4. The maximum absolute atomic E-state index is 13.4. The van der Waals surface area contributed by atoms with Crippen molar-refractivity contribution >= 4 is 38.5 Å². The summed E-state index contributed by atoms with van der Waals surface area (Å²) in [6.45, 7) is 1.59. The van der Waals surface area contributed by atoms with Crippen LogP contribution in [0.25, 0.3) is 11.2 Å². The molecule has 6 nitrogen and oxygen atoms in total. The highest BCUT2D eigenvalue weighted by Gasteiger charge is 2.19. The first-order chi connectivity index (χ1) is 13.3. The second kappa shape index (κ2) is 6.65. The minimum atomic E-state index is -3.90. The molecule has 28 heavy (non-hydrogen) atoms. The normalized spacial score (nSPS) is 11.6. The summed E-state index contributed by atoms with van der Waals surface area (Å²) in [7, 11) is -3.90. The van der Waals surface area contributed by atoms with E-state index in [2.05, 4.69) is 10.0 Å². The van der Waals surface area contributed by atoms with Crippen molar-refractivity contribution < 1.29 is 22.0 Å². The zero-order valence-electron chi connectivity index (χ0n) is 14.7. The summed E-state index contributed by atoms with van der Waals surface area (Å²) >= 11 is 0. The van der Waals surface area contributed by atoms with Gasteiger partial charge in [-0.25, -0.2) is 12.8 Å². The number of rotatable bonds is 5. The predicted octanol–water partition coefficient (Wildman–Crippen LogP) is 4.37. The van der Waals surface area contributed by atoms with Crippen LogP contribution in [0.4, 0.5) is 15.8 Å². The Morgan fingerprint density at radius 2 is 1.86 bits per heavy atom. The number of benzene rings is 3. The molecule has 0 saturated heterocycles. The second-order valence-corrected chi connectivity index (χ2v) is 7.99. The third kappa shape index (κ3) is 3.41. The van der Waals surface area contributed by atoms with E-state index < -0.39 is 15.9 Å². The van der Waals surface area contributed by atoms with Crippen molar-refractivity contribution in [2.75, 3.05) is 10.0 Å². The SMILES string of the molecule is Cc1cc(NC(=O)c2cccc(S(=O)(=O)Nc3cc4ccc3o4)c2)ccc1F. The fourth-order valence-corrected chi connectivity index (χ4v) is 3.91. The molecule has 0 saturated carbocycles. The van der Waals surface area contributed by atoms with Crippen molar-refractivity contribution in [1.82, 2.24) is 0 Å². The number of halogens is 1. The number of anilines is 2. The summed E-state index contributed by atoms with van der Waals surface area (Å²) in [6, 6.07) is 14.8. The van der Waals surface area contributed by atoms with Gasteiger partial charge >= 0.3 is 0 Å². The topological polar surface area (TPSA) is 88.4 Å². The lowest BCUT2D eigenvalue weighted by molar-refractivity contribution is 0.102. The second-order valence-electron chi connectivity index (χ2n) is 6.31. The molecule has 0 aliphatic rings. The van der Waals surface area contributed by atoms with E-state index in [-0.39, 0.29) is 16.3 Å². The number of furan rings is 2. The number of carbonyl (C=O) groups excluding carboxylic acids is 1.